The van der Waals surface area contributed by atoms with Crippen LogP contribution in [0.2, 0.25) is 0 Å². The van der Waals surface area contributed by atoms with Gasteiger partial charge < -0.3 is 20.1 Å². The smallest absolute Gasteiger partial charge is 0.308 e. The van der Waals surface area contributed by atoms with Crippen molar-refractivity contribution in [3.8, 4) is 5.75 Å². The first-order valence-corrected chi connectivity index (χ1v) is 4.87. The SMILES string of the molecule is COC(=O)CC(O)C(O)c1ccc(F)cc1O. The summed E-state index contributed by atoms with van der Waals surface area (Å²) in [6, 6.07) is 2.97. The third-order valence-electron chi connectivity index (χ3n) is 2.28. The number of benzene rings is 1. The average molecular weight is 244 g/mol. The number of hydrogen-bond donors (Lipinski definition) is 3. The second-order valence-corrected chi connectivity index (χ2v) is 3.50. The number of aliphatic hydroxyl groups is 2. The van der Waals surface area contributed by atoms with Gasteiger partial charge in [0.05, 0.1) is 19.6 Å². The summed E-state index contributed by atoms with van der Waals surface area (Å²) in [5, 5.41) is 28.6. The summed E-state index contributed by atoms with van der Waals surface area (Å²) in [6.07, 6.45) is -3.34. The lowest BCUT2D eigenvalue weighted by molar-refractivity contribution is -0.144. The number of phenols is 1. The molecule has 0 saturated heterocycles. The number of aliphatic hydroxyl groups excluding tert-OH is 2. The van der Waals surface area contributed by atoms with Crippen LogP contribution in [0.4, 0.5) is 4.39 Å². The van der Waals surface area contributed by atoms with Crippen molar-refractivity contribution in [2.75, 3.05) is 7.11 Å². The average Bonchev–Trinajstić information content (AvgIpc) is 2.28. The molecule has 0 bridgehead atoms. The summed E-state index contributed by atoms with van der Waals surface area (Å²) in [5.74, 6) is -1.85. The van der Waals surface area contributed by atoms with Crippen molar-refractivity contribution in [2.24, 2.45) is 0 Å². The number of rotatable bonds is 4. The van der Waals surface area contributed by atoms with Crippen LogP contribution in [-0.4, -0.2) is 34.5 Å². The van der Waals surface area contributed by atoms with Crippen LogP contribution >= 0.6 is 0 Å². The highest BCUT2D eigenvalue weighted by Gasteiger charge is 2.24. The van der Waals surface area contributed by atoms with E-state index in [9.17, 15) is 24.5 Å². The standard InChI is InChI=1S/C11H13FO5/c1-17-10(15)5-9(14)11(16)7-3-2-6(12)4-8(7)13/h2-4,9,11,13-14,16H,5H2,1H3. The highest BCUT2D eigenvalue weighted by Crippen LogP contribution is 2.28. The molecule has 0 aliphatic carbocycles. The molecular formula is C11H13FO5. The predicted octanol–water partition coefficient (Wildman–Crippen LogP) is 0.489. The number of esters is 1. The summed E-state index contributed by atoms with van der Waals surface area (Å²) in [6.45, 7) is 0. The Balaban J connectivity index is 2.81. The number of aromatic hydroxyl groups is 1. The lowest BCUT2D eigenvalue weighted by Crippen LogP contribution is -2.22. The fourth-order valence-corrected chi connectivity index (χ4v) is 1.34. The molecule has 2 atom stereocenters. The van der Waals surface area contributed by atoms with E-state index < -0.39 is 36.2 Å². The second-order valence-electron chi connectivity index (χ2n) is 3.50. The quantitative estimate of drug-likeness (QED) is 0.671. The minimum absolute atomic E-state index is 0.0530. The first kappa shape index (κ1) is 13.4. The van der Waals surface area contributed by atoms with Crippen LogP contribution in [0.3, 0.4) is 0 Å². The van der Waals surface area contributed by atoms with Gasteiger partial charge in [0.1, 0.15) is 17.7 Å². The summed E-state index contributed by atoms with van der Waals surface area (Å²) in [5.41, 5.74) is -0.0530. The van der Waals surface area contributed by atoms with E-state index in [1.807, 2.05) is 0 Å². The van der Waals surface area contributed by atoms with Crippen LogP contribution in [0.15, 0.2) is 18.2 Å². The fraction of sp³-hybridized carbons (Fsp3) is 0.364. The zero-order valence-corrected chi connectivity index (χ0v) is 9.13. The first-order valence-electron chi connectivity index (χ1n) is 4.87. The highest BCUT2D eigenvalue weighted by atomic mass is 19.1. The highest BCUT2D eigenvalue weighted by molar-refractivity contribution is 5.69. The lowest BCUT2D eigenvalue weighted by Gasteiger charge is -2.18. The Labute approximate surface area is 97.1 Å². The number of hydrogen-bond acceptors (Lipinski definition) is 5. The molecule has 94 valence electrons. The van der Waals surface area contributed by atoms with E-state index in [0.717, 1.165) is 25.3 Å². The molecule has 0 amide bonds. The van der Waals surface area contributed by atoms with Crippen molar-refractivity contribution in [3.05, 3.63) is 29.6 Å². The van der Waals surface area contributed by atoms with Crippen LogP contribution in [0, 0.1) is 5.82 Å². The van der Waals surface area contributed by atoms with Crippen molar-refractivity contribution >= 4 is 5.97 Å². The van der Waals surface area contributed by atoms with Gasteiger partial charge in [-0.2, -0.15) is 0 Å². The molecule has 5 nitrogen and oxygen atoms in total. The van der Waals surface area contributed by atoms with Crippen LogP contribution in [0.25, 0.3) is 0 Å². The zero-order valence-electron chi connectivity index (χ0n) is 9.13. The maximum absolute atomic E-state index is 12.7. The van der Waals surface area contributed by atoms with Crippen LogP contribution in [0.1, 0.15) is 18.1 Å². The Morgan fingerprint density at radius 1 is 1.47 bits per heavy atom. The van der Waals surface area contributed by atoms with Gasteiger partial charge in [-0.1, -0.05) is 0 Å². The summed E-state index contributed by atoms with van der Waals surface area (Å²) in [4.78, 5) is 10.9. The molecule has 0 aromatic heterocycles. The Kier molecular flexibility index (Phi) is 4.42. The molecule has 0 saturated carbocycles. The van der Waals surface area contributed by atoms with Crippen LogP contribution in [-0.2, 0) is 9.53 Å². The van der Waals surface area contributed by atoms with Crippen molar-refractivity contribution in [3.63, 3.8) is 0 Å². The van der Waals surface area contributed by atoms with Gasteiger partial charge in [0.2, 0.25) is 0 Å². The van der Waals surface area contributed by atoms with Gasteiger partial charge in [0.15, 0.2) is 0 Å². The van der Waals surface area contributed by atoms with E-state index in [1.165, 1.54) is 0 Å². The summed E-state index contributed by atoms with van der Waals surface area (Å²) in [7, 11) is 1.15. The van der Waals surface area contributed by atoms with E-state index in [0.29, 0.717) is 0 Å². The molecule has 2 unspecified atom stereocenters. The molecule has 3 N–H and O–H groups in total. The van der Waals surface area contributed by atoms with Crippen molar-refractivity contribution in [2.45, 2.75) is 18.6 Å². The molecule has 0 radical (unpaired) electrons. The number of halogens is 1. The Morgan fingerprint density at radius 2 is 2.12 bits per heavy atom. The van der Waals surface area contributed by atoms with Gasteiger partial charge >= 0.3 is 5.97 Å². The van der Waals surface area contributed by atoms with E-state index in [-0.39, 0.29) is 5.56 Å². The third kappa shape index (κ3) is 3.40. The first-order chi connectivity index (χ1) is 7.95. The molecular weight excluding hydrogens is 231 g/mol. The minimum Gasteiger partial charge on any atom is -0.507 e. The zero-order chi connectivity index (χ0) is 13.0. The Hall–Kier alpha value is -1.66. The van der Waals surface area contributed by atoms with Gasteiger partial charge in [-0.05, 0) is 12.1 Å². The maximum Gasteiger partial charge on any atom is 0.308 e. The van der Waals surface area contributed by atoms with Gasteiger partial charge in [0, 0.05) is 11.6 Å². The number of carbonyl (C=O) groups excluding carboxylic acids is 1. The Bertz CT molecular complexity index is 407. The fourth-order valence-electron chi connectivity index (χ4n) is 1.34. The van der Waals surface area contributed by atoms with Crippen molar-refractivity contribution in [1.29, 1.82) is 0 Å². The summed E-state index contributed by atoms with van der Waals surface area (Å²) >= 11 is 0. The van der Waals surface area contributed by atoms with Crippen LogP contribution in [0.5, 0.6) is 5.75 Å². The molecule has 17 heavy (non-hydrogen) atoms. The monoisotopic (exact) mass is 244 g/mol. The summed E-state index contributed by atoms with van der Waals surface area (Å²) < 4.78 is 17.0. The second kappa shape index (κ2) is 5.60. The molecule has 0 fully saturated rings. The molecule has 0 spiro atoms. The van der Waals surface area contributed by atoms with E-state index in [2.05, 4.69) is 4.74 Å². The molecule has 1 aromatic carbocycles. The molecule has 6 heteroatoms. The van der Waals surface area contributed by atoms with Gasteiger partial charge in [-0.25, -0.2) is 4.39 Å². The van der Waals surface area contributed by atoms with E-state index >= 15 is 0 Å². The topological polar surface area (TPSA) is 87.0 Å². The minimum atomic E-state index is -1.49. The maximum atomic E-state index is 12.7. The largest absolute Gasteiger partial charge is 0.507 e. The van der Waals surface area contributed by atoms with E-state index in [4.69, 9.17) is 0 Å². The third-order valence-corrected chi connectivity index (χ3v) is 2.28. The van der Waals surface area contributed by atoms with Gasteiger partial charge in [0.25, 0.3) is 0 Å². The van der Waals surface area contributed by atoms with Crippen molar-refractivity contribution in [1.82, 2.24) is 0 Å². The number of carbonyl (C=O) groups is 1. The number of ether oxygens (including phenoxy) is 1. The predicted molar refractivity (Wildman–Crippen MR) is 55.7 cm³/mol. The van der Waals surface area contributed by atoms with Gasteiger partial charge in [-0.15, -0.1) is 0 Å². The van der Waals surface area contributed by atoms with E-state index in [1.54, 1.807) is 0 Å². The number of phenolic OH excluding ortho intramolecular Hbond substituents is 1. The normalized spacial score (nSPS) is 14.1. The molecule has 1 rings (SSSR count). The molecule has 0 aliphatic heterocycles. The Morgan fingerprint density at radius 3 is 2.65 bits per heavy atom. The number of methoxy groups -OCH3 is 1. The van der Waals surface area contributed by atoms with Crippen LogP contribution < -0.4 is 0 Å². The van der Waals surface area contributed by atoms with Crippen molar-refractivity contribution < 1.29 is 29.2 Å². The molecule has 1 aromatic rings. The lowest BCUT2D eigenvalue weighted by atomic mass is 10.0. The molecule has 0 heterocycles. The van der Waals surface area contributed by atoms with Gasteiger partial charge in [-0.3, -0.25) is 4.79 Å². The molecule has 0 aliphatic rings.